The summed E-state index contributed by atoms with van der Waals surface area (Å²) in [4.78, 5) is 50.4. The first kappa shape index (κ1) is 26.2. The normalized spacial score (nSPS) is 13.7. The molecule has 0 spiro atoms. The maximum atomic E-state index is 13.2. The molecule has 4 rings (SSSR count). The number of piperazine rings is 1. The minimum absolute atomic E-state index is 0.279. The van der Waals surface area contributed by atoms with Gasteiger partial charge < -0.3 is 15.1 Å². The van der Waals surface area contributed by atoms with E-state index < -0.39 is 11.7 Å². The van der Waals surface area contributed by atoms with E-state index in [2.05, 4.69) is 26.8 Å². The van der Waals surface area contributed by atoms with Crippen molar-refractivity contribution >= 4 is 34.9 Å². The second-order valence-electron chi connectivity index (χ2n) is 8.91. The summed E-state index contributed by atoms with van der Waals surface area (Å²) in [6.07, 6.45) is 3.46. The summed E-state index contributed by atoms with van der Waals surface area (Å²) in [5.74, 6) is -0.757. The number of ketones is 1. The van der Waals surface area contributed by atoms with E-state index >= 15 is 0 Å². The van der Waals surface area contributed by atoms with Crippen LogP contribution in [-0.4, -0.2) is 70.6 Å². The van der Waals surface area contributed by atoms with Crippen LogP contribution in [0.1, 0.15) is 33.0 Å². The third kappa shape index (κ3) is 6.67. The largest absolute Gasteiger partial charge is 0.333 e. The number of hydrogen-bond donors (Lipinski definition) is 1. The van der Waals surface area contributed by atoms with Gasteiger partial charge >= 0.3 is 0 Å². The molecule has 1 aliphatic rings. The van der Waals surface area contributed by atoms with Crippen LogP contribution in [0.15, 0.2) is 67.4 Å². The minimum atomic E-state index is -0.524. The number of Topliss-reactive ketones (excluding diaryl/α,β-unsaturated/α-hetero) is 1. The molecule has 2 heterocycles. The SMILES string of the molecule is C=CC(=O)Nc1cccc(Cc2ncc(Cl)c(Cc3ccccc3C(=O)C(=O)N3CCN(C)CC3)n2)c1. The molecule has 2 aromatic carbocycles. The van der Waals surface area contributed by atoms with Crippen LogP contribution in [0.2, 0.25) is 5.02 Å². The lowest BCUT2D eigenvalue weighted by Crippen LogP contribution is -2.49. The van der Waals surface area contributed by atoms with Crippen LogP contribution < -0.4 is 5.32 Å². The maximum Gasteiger partial charge on any atom is 0.295 e. The smallest absolute Gasteiger partial charge is 0.295 e. The monoisotopic (exact) mass is 517 g/mol. The molecule has 9 heteroatoms. The van der Waals surface area contributed by atoms with Crippen LogP contribution in [0, 0.1) is 0 Å². The number of hydrogen-bond acceptors (Lipinski definition) is 6. The Bertz CT molecular complexity index is 1330. The topological polar surface area (TPSA) is 95.5 Å². The first-order chi connectivity index (χ1) is 17.8. The number of carbonyl (C=O) groups excluding carboxylic acids is 3. The molecule has 3 aromatic rings. The van der Waals surface area contributed by atoms with E-state index in [0.29, 0.717) is 52.9 Å². The second-order valence-corrected chi connectivity index (χ2v) is 9.32. The van der Waals surface area contributed by atoms with Crippen molar-refractivity contribution in [1.29, 1.82) is 0 Å². The fraction of sp³-hybridized carbons (Fsp3) is 0.250. The van der Waals surface area contributed by atoms with E-state index in [1.54, 1.807) is 29.3 Å². The molecule has 190 valence electrons. The van der Waals surface area contributed by atoms with Crippen molar-refractivity contribution < 1.29 is 14.4 Å². The number of carbonyl (C=O) groups is 3. The summed E-state index contributed by atoms with van der Waals surface area (Å²) in [5, 5.41) is 3.12. The quantitative estimate of drug-likeness (QED) is 0.279. The van der Waals surface area contributed by atoms with E-state index in [9.17, 15) is 14.4 Å². The lowest BCUT2D eigenvalue weighted by Gasteiger charge is -2.32. The molecule has 1 aromatic heterocycles. The fourth-order valence-electron chi connectivity index (χ4n) is 4.13. The molecule has 0 atom stereocenters. The Kier molecular flexibility index (Phi) is 8.43. The number of rotatable bonds is 8. The molecule has 0 aliphatic carbocycles. The molecule has 2 amide bonds. The molecular formula is C28H28ClN5O3. The van der Waals surface area contributed by atoms with Crippen molar-refractivity contribution in [3.8, 4) is 0 Å². The Hall–Kier alpha value is -3.88. The van der Waals surface area contributed by atoms with Crippen molar-refractivity contribution in [3.05, 3.63) is 101 Å². The van der Waals surface area contributed by atoms with Crippen molar-refractivity contribution in [2.24, 2.45) is 0 Å². The average molecular weight is 518 g/mol. The molecule has 0 bridgehead atoms. The van der Waals surface area contributed by atoms with E-state index in [1.165, 1.54) is 6.08 Å². The zero-order chi connectivity index (χ0) is 26.4. The first-order valence-corrected chi connectivity index (χ1v) is 12.3. The van der Waals surface area contributed by atoms with Gasteiger partial charge in [0.05, 0.1) is 10.7 Å². The zero-order valence-corrected chi connectivity index (χ0v) is 21.4. The Morgan fingerprint density at radius 1 is 1.05 bits per heavy atom. The minimum Gasteiger partial charge on any atom is -0.333 e. The van der Waals surface area contributed by atoms with Crippen LogP contribution in [-0.2, 0) is 22.4 Å². The van der Waals surface area contributed by atoms with Crippen LogP contribution in [0.3, 0.4) is 0 Å². The van der Waals surface area contributed by atoms with Gasteiger partial charge in [0.25, 0.3) is 11.7 Å². The number of nitrogens with zero attached hydrogens (tertiary/aromatic N) is 4. The molecule has 0 radical (unpaired) electrons. The molecular weight excluding hydrogens is 490 g/mol. The number of likely N-dealkylation sites (N-methyl/N-ethyl adjacent to an activating group) is 1. The first-order valence-electron chi connectivity index (χ1n) is 12.0. The average Bonchev–Trinajstić information content (AvgIpc) is 2.90. The molecule has 1 aliphatic heterocycles. The van der Waals surface area contributed by atoms with E-state index in [0.717, 1.165) is 18.7 Å². The highest BCUT2D eigenvalue weighted by Gasteiger charge is 2.27. The van der Waals surface area contributed by atoms with Gasteiger partial charge in [-0.2, -0.15) is 0 Å². The fourth-order valence-corrected chi connectivity index (χ4v) is 4.29. The summed E-state index contributed by atoms with van der Waals surface area (Å²) < 4.78 is 0. The van der Waals surface area contributed by atoms with Gasteiger partial charge in [0.15, 0.2) is 0 Å². The number of halogens is 1. The van der Waals surface area contributed by atoms with Crippen LogP contribution in [0.25, 0.3) is 0 Å². The van der Waals surface area contributed by atoms with Crippen molar-refractivity contribution in [2.45, 2.75) is 12.8 Å². The van der Waals surface area contributed by atoms with Crippen molar-refractivity contribution in [1.82, 2.24) is 19.8 Å². The predicted molar refractivity (Wildman–Crippen MR) is 143 cm³/mol. The summed E-state index contributed by atoms with van der Waals surface area (Å²) in [7, 11) is 2.00. The van der Waals surface area contributed by atoms with E-state index in [4.69, 9.17) is 11.6 Å². The van der Waals surface area contributed by atoms with Gasteiger partial charge in [-0.15, -0.1) is 0 Å². The molecule has 37 heavy (non-hydrogen) atoms. The number of amides is 2. The Morgan fingerprint density at radius 3 is 2.57 bits per heavy atom. The van der Waals surface area contributed by atoms with Crippen molar-refractivity contribution in [2.75, 3.05) is 38.5 Å². The van der Waals surface area contributed by atoms with Gasteiger partial charge in [0.2, 0.25) is 5.91 Å². The number of anilines is 1. The number of aromatic nitrogens is 2. The van der Waals surface area contributed by atoms with Gasteiger partial charge in [0, 0.05) is 56.5 Å². The van der Waals surface area contributed by atoms with Gasteiger partial charge in [-0.1, -0.05) is 54.6 Å². The van der Waals surface area contributed by atoms with Crippen LogP contribution >= 0.6 is 11.6 Å². The predicted octanol–water partition coefficient (Wildman–Crippen LogP) is 3.39. The van der Waals surface area contributed by atoms with E-state index in [1.807, 2.05) is 37.4 Å². The van der Waals surface area contributed by atoms with Crippen LogP contribution in [0.4, 0.5) is 5.69 Å². The second kappa shape index (κ2) is 11.9. The van der Waals surface area contributed by atoms with Crippen molar-refractivity contribution in [3.63, 3.8) is 0 Å². The summed E-state index contributed by atoms with van der Waals surface area (Å²) in [5.41, 5.74) is 3.15. The maximum absolute atomic E-state index is 13.2. The molecule has 1 N–H and O–H groups in total. The zero-order valence-electron chi connectivity index (χ0n) is 20.6. The van der Waals surface area contributed by atoms with Gasteiger partial charge in [-0.05, 0) is 36.4 Å². The Labute approximate surface area is 221 Å². The van der Waals surface area contributed by atoms with E-state index in [-0.39, 0.29) is 12.3 Å². The summed E-state index contributed by atoms with van der Waals surface area (Å²) in [6.45, 7) is 6.00. The highest BCUT2D eigenvalue weighted by Crippen LogP contribution is 2.22. The van der Waals surface area contributed by atoms with Gasteiger partial charge in [-0.25, -0.2) is 9.97 Å². The number of nitrogens with one attached hydrogen (secondary N) is 1. The summed E-state index contributed by atoms with van der Waals surface area (Å²) >= 11 is 6.43. The highest BCUT2D eigenvalue weighted by atomic mass is 35.5. The molecule has 1 fully saturated rings. The Balaban J connectivity index is 1.52. The number of benzene rings is 2. The standard InChI is InChI=1S/C28H28ClN5O3/c1-3-26(35)31-21-9-6-7-19(15-21)16-25-30-18-23(29)24(32-25)17-20-8-4-5-10-22(20)27(36)28(37)34-13-11-33(2)12-14-34/h3-10,15,18H,1,11-14,16-17H2,2H3,(H,31,35). The highest BCUT2D eigenvalue weighted by molar-refractivity contribution is 6.43. The van der Waals surface area contributed by atoms with Crippen LogP contribution in [0.5, 0.6) is 0 Å². The third-order valence-corrected chi connectivity index (χ3v) is 6.53. The molecule has 1 saturated heterocycles. The lowest BCUT2D eigenvalue weighted by atomic mass is 9.98. The van der Waals surface area contributed by atoms with Gasteiger partial charge in [0.1, 0.15) is 5.82 Å². The Morgan fingerprint density at radius 2 is 1.81 bits per heavy atom. The molecule has 0 saturated carbocycles. The lowest BCUT2D eigenvalue weighted by molar-refractivity contribution is -0.128. The van der Waals surface area contributed by atoms with Gasteiger partial charge in [-0.3, -0.25) is 14.4 Å². The third-order valence-electron chi connectivity index (χ3n) is 6.21. The molecule has 0 unspecified atom stereocenters. The summed E-state index contributed by atoms with van der Waals surface area (Å²) in [6, 6.07) is 14.4. The molecule has 8 nitrogen and oxygen atoms in total.